The van der Waals surface area contributed by atoms with Crippen molar-refractivity contribution in [3.05, 3.63) is 28.4 Å². The summed E-state index contributed by atoms with van der Waals surface area (Å²) < 4.78 is 13.4. The number of fused-ring (bicyclic) bond motifs is 1. The molecule has 0 bridgehead atoms. The lowest BCUT2D eigenvalue weighted by Gasteiger charge is -2.36. The van der Waals surface area contributed by atoms with E-state index in [9.17, 15) is 9.59 Å². The van der Waals surface area contributed by atoms with Gasteiger partial charge in [-0.3, -0.25) is 4.68 Å². The molecule has 9 heteroatoms. The Bertz CT molecular complexity index is 903. The minimum Gasteiger partial charge on any atom is -0.462 e. The number of carbonyl (C=O) groups excluding carboxylic acids is 2. The van der Waals surface area contributed by atoms with E-state index in [0.29, 0.717) is 31.5 Å². The van der Waals surface area contributed by atoms with Gasteiger partial charge in [0, 0.05) is 15.9 Å². The Hall–Kier alpha value is -2.03. The van der Waals surface area contributed by atoms with Crippen molar-refractivity contribution in [2.45, 2.75) is 64.4 Å². The van der Waals surface area contributed by atoms with E-state index in [0.717, 1.165) is 15.4 Å². The van der Waals surface area contributed by atoms with Gasteiger partial charge in [-0.1, -0.05) is 22.8 Å². The molecular weight excluding hydrogens is 437 g/mol. The Labute approximate surface area is 179 Å². The molecule has 1 N–H and O–H groups in total. The number of aromatic nitrogens is 2. The standard InChI is InChI=1S/C20H26BBrN3O4/c1-20(2,3)29-19(27)23-13-10-14(11-13)25-17(18(26)28-8-7-21-4)15-9-12(22)5-6-16(15)24-25/h5-6,9,13-14H,7-8,10-11H2,1-4H3,(H,23,27). The monoisotopic (exact) mass is 462 g/mol. The number of rotatable bonds is 6. The van der Waals surface area contributed by atoms with Crippen LogP contribution in [0.4, 0.5) is 4.79 Å². The number of hydrogen-bond donors (Lipinski definition) is 1. The summed E-state index contributed by atoms with van der Waals surface area (Å²) in [4.78, 5) is 24.8. The molecule has 29 heavy (non-hydrogen) atoms. The van der Waals surface area contributed by atoms with E-state index in [1.54, 1.807) is 4.68 Å². The first kappa shape index (κ1) is 21.7. The van der Waals surface area contributed by atoms with Crippen LogP contribution in [0.5, 0.6) is 0 Å². The van der Waals surface area contributed by atoms with Gasteiger partial charge in [0.05, 0.1) is 18.2 Å². The normalized spacial score (nSPS) is 18.8. The van der Waals surface area contributed by atoms with Gasteiger partial charge in [-0.05, 0) is 58.1 Å². The van der Waals surface area contributed by atoms with Crippen molar-refractivity contribution >= 4 is 46.2 Å². The highest BCUT2D eigenvalue weighted by atomic mass is 79.9. The fourth-order valence-electron chi connectivity index (χ4n) is 3.26. The van der Waals surface area contributed by atoms with Crippen LogP contribution in [0.2, 0.25) is 13.1 Å². The molecule has 1 aromatic heterocycles. The van der Waals surface area contributed by atoms with E-state index in [1.807, 2.05) is 53.1 Å². The molecule has 1 amide bonds. The molecule has 0 spiro atoms. The van der Waals surface area contributed by atoms with Crippen molar-refractivity contribution in [1.29, 1.82) is 0 Å². The van der Waals surface area contributed by atoms with Crippen LogP contribution in [0, 0.1) is 0 Å². The van der Waals surface area contributed by atoms with E-state index in [4.69, 9.17) is 9.47 Å². The van der Waals surface area contributed by atoms with Crippen LogP contribution in [0.15, 0.2) is 22.7 Å². The van der Waals surface area contributed by atoms with E-state index < -0.39 is 11.7 Å². The zero-order chi connectivity index (χ0) is 21.2. The largest absolute Gasteiger partial charge is 0.462 e. The number of ether oxygens (including phenoxy) is 2. The highest BCUT2D eigenvalue weighted by molar-refractivity contribution is 9.10. The van der Waals surface area contributed by atoms with Crippen molar-refractivity contribution in [3.63, 3.8) is 0 Å². The van der Waals surface area contributed by atoms with Crippen LogP contribution in [0.25, 0.3) is 10.9 Å². The second kappa shape index (κ2) is 8.77. The summed E-state index contributed by atoms with van der Waals surface area (Å²) in [7, 11) is 1.96. The molecule has 1 heterocycles. The number of nitrogens with one attached hydrogen (secondary N) is 1. The number of nitrogens with zero attached hydrogens (tertiary/aromatic N) is 2. The van der Waals surface area contributed by atoms with Crippen molar-refractivity contribution in [3.8, 4) is 0 Å². The number of benzene rings is 1. The SMILES string of the molecule is C[B]CCOC(=O)c1c2cc(Br)ccc2nn1C1CC(NC(=O)OC(C)(C)C)C1. The molecule has 1 aliphatic rings. The van der Waals surface area contributed by atoms with E-state index in [1.165, 1.54) is 0 Å². The Morgan fingerprint density at radius 2 is 2.07 bits per heavy atom. The number of esters is 1. The van der Waals surface area contributed by atoms with Gasteiger partial charge in [-0.25, -0.2) is 9.59 Å². The number of hydrogen-bond acceptors (Lipinski definition) is 5. The second-order valence-electron chi connectivity index (χ2n) is 8.26. The minimum atomic E-state index is -0.535. The Morgan fingerprint density at radius 1 is 1.34 bits per heavy atom. The molecule has 0 saturated heterocycles. The van der Waals surface area contributed by atoms with Gasteiger partial charge in [-0.2, -0.15) is 5.10 Å². The maximum Gasteiger partial charge on any atom is 0.407 e. The Kier molecular flexibility index (Phi) is 6.56. The molecule has 1 saturated carbocycles. The van der Waals surface area contributed by atoms with Crippen molar-refractivity contribution < 1.29 is 19.1 Å². The first-order valence-corrected chi connectivity index (χ1v) is 10.6. The van der Waals surface area contributed by atoms with Crippen LogP contribution < -0.4 is 5.32 Å². The third-order valence-corrected chi connectivity index (χ3v) is 5.16. The summed E-state index contributed by atoms with van der Waals surface area (Å²) >= 11 is 3.46. The summed E-state index contributed by atoms with van der Waals surface area (Å²) in [5, 5.41) is 8.28. The van der Waals surface area contributed by atoms with Crippen LogP contribution in [0.3, 0.4) is 0 Å². The molecule has 1 radical (unpaired) electrons. The van der Waals surface area contributed by atoms with E-state index >= 15 is 0 Å². The van der Waals surface area contributed by atoms with Crippen LogP contribution >= 0.6 is 15.9 Å². The molecule has 0 unspecified atom stereocenters. The summed E-state index contributed by atoms with van der Waals surface area (Å²) in [6, 6.07) is 5.67. The summed E-state index contributed by atoms with van der Waals surface area (Å²) in [6.45, 7) is 7.76. The third-order valence-electron chi connectivity index (χ3n) is 4.67. The van der Waals surface area contributed by atoms with Crippen molar-refractivity contribution in [2.24, 2.45) is 0 Å². The smallest absolute Gasteiger partial charge is 0.407 e. The maximum absolute atomic E-state index is 12.8. The Balaban J connectivity index is 1.75. The number of amides is 1. The van der Waals surface area contributed by atoms with Crippen LogP contribution in [-0.2, 0) is 9.47 Å². The highest BCUT2D eigenvalue weighted by Gasteiger charge is 2.36. The molecule has 0 aliphatic heterocycles. The van der Waals surface area contributed by atoms with E-state index in [-0.39, 0.29) is 18.1 Å². The Morgan fingerprint density at radius 3 is 2.72 bits per heavy atom. The topological polar surface area (TPSA) is 82.5 Å². The second-order valence-corrected chi connectivity index (χ2v) is 9.17. The minimum absolute atomic E-state index is 0.00698. The first-order valence-electron chi connectivity index (χ1n) is 9.80. The molecule has 1 aliphatic carbocycles. The highest BCUT2D eigenvalue weighted by Crippen LogP contribution is 2.36. The average molecular weight is 463 g/mol. The lowest BCUT2D eigenvalue weighted by atomic mass is 9.79. The van der Waals surface area contributed by atoms with Gasteiger partial charge in [0.15, 0.2) is 5.69 Å². The molecular formula is C20H26BBrN3O4. The zero-order valence-electron chi connectivity index (χ0n) is 17.2. The van der Waals surface area contributed by atoms with Crippen LogP contribution in [-0.4, -0.2) is 47.4 Å². The molecule has 155 valence electrons. The molecule has 3 rings (SSSR count). The number of carbonyl (C=O) groups is 2. The number of alkyl carbamates (subject to hydrolysis) is 1. The van der Waals surface area contributed by atoms with Crippen molar-refractivity contribution in [1.82, 2.24) is 15.1 Å². The summed E-state index contributed by atoms with van der Waals surface area (Å²) in [5.74, 6) is -0.379. The van der Waals surface area contributed by atoms with Gasteiger partial charge in [0.1, 0.15) is 12.9 Å². The summed E-state index contributed by atoms with van der Waals surface area (Å²) in [6.07, 6.45) is 1.63. The fraction of sp³-hybridized carbons (Fsp3) is 0.550. The number of halogens is 1. The van der Waals surface area contributed by atoms with Crippen LogP contribution in [0.1, 0.15) is 50.1 Å². The van der Waals surface area contributed by atoms with Gasteiger partial charge in [0.2, 0.25) is 0 Å². The predicted molar refractivity (Wildman–Crippen MR) is 116 cm³/mol. The van der Waals surface area contributed by atoms with Gasteiger partial charge in [-0.15, -0.1) is 0 Å². The van der Waals surface area contributed by atoms with Gasteiger partial charge >= 0.3 is 12.1 Å². The van der Waals surface area contributed by atoms with Crippen molar-refractivity contribution in [2.75, 3.05) is 6.61 Å². The third kappa shape index (κ3) is 5.32. The lowest BCUT2D eigenvalue weighted by Crippen LogP contribution is -2.47. The molecule has 0 atom stereocenters. The van der Waals surface area contributed by atoms with E-state index in [2.05, 4.69) is 26.3 Å². The first-order chi connectivity index (χ1) is 13.7. The molecule has 7 nitrogen and oxygen atoms in total. The van der Waals surface area contributed by atoms with Gasteiger partial charge < -0.3 is 14.8 Å². The quantitative estimate of drug-likeness (QED) is 0.392. The molecule has 1 aromatic carbocycles. The molecule has 1 fully saturated rings. The predicted octanol–water partition coefficient (Wildman–Crippen LogP) is 4.35. The summed E-state index contributed by atoms with van der Waals surface area (Å²) in [5.41, 5.74) is 0.663. The maximum atomic E-state index is 12.8. The average Bonchev–Trinajstić information content (AvgIpc) is 2.94. The zero-order valence-corrected chi connectivity index (χ0v) is 18.8. The lowest BCUT2D eigenvalue weighted by molar-refractivity contribution is 0.0430. The fourth-order valence-corrected chi connectivity index (χ4v) is 3.62. The van der Waals surface area contributed by atoms with Gasteiger partial charge in [0.25, 0.3) is 0 Å². The molecule has 2 aromatic rings.